The van der Waals surface area contributed by atoms with E-state index in [2.05, 4.69) is 25.7 Å². The van der Waals surface area contributed by atoms with Crippen LogP contribution in [-0.2, 0) is 17.5 Å². The molecule has 0 saturated carbocycles. The summed E-state index contributed by atoms with van der Waals surface area (Å²) in [5.41, 5.74) is 0.169. The van der Waals surface area contributed by atoms with E-state index in [1.807, 2.05) is 0 Å². The van der Waals surface area contributed by atoms with Crippen LogP contribution >= 0.6 is 0 Å². The van der Waals surface area contributed by atoms with Crippen molar-refractivity contribution in [1.82, 2.24) is 24.6 Å². The second-order valence-electron chi connectivity index (χ2n) is 5.42. The second-order valence-corrected chi connectivity index (χ2v) is 5.42. The number of aromatic nitrogens is 4. The summed E-state index contributed by atoms with van der Waals surface area (Å²) >= 11 is 0. The molecule has 0 spiro atoms. The van der Waals surface area contributed by atoms with Gasteiger partial charge in [-0.3, -0.25) is 9.48 Å². The van der Waals surface area contributed by atoms with Crippen LogP contribution in [0.15, 0.2) is 12.4 Å². The lowest BCUT2D eigenvalue weighted by molar-refractivity contribution is -0.137. The maximum absolute atomic E-state index is 12.9. The summed E-state index contributed by atoms with van der Waals surface area (Å²) in [6.07, 6.45) is -2.39. The third-order valence-corrected chi connectivity index (χ3v) is 3.46. The normalized spacial score (nSPS) is 11.3. The number of alkyl halides is 3. The molecule has 2 N–H and O–H groups in total. The summed E-state index contributed by atoms with van der Waals surface area (Å²) in [6.45, 7) is 1.78. The minimum Gasteiger partial charge on any atom is -0.372 e. The molecular weight excluding hydrogens is 339 g/mol. The molecule has 25 heavy (non-hydrogen) atoms. The van der Waals surface area contributed by atoms with Crippen LogP contribution in [0.25, 0.3) is 0 Å². The summed E-state index contributed by atoms with van der Waals surface area (Å²) in [7, 11) is 4.61. The number of anilines is 3. The first-order valence-corrected chi connectivity index (χ1v) is 7.25. The SMILES string of the molecule is CNc1nc(Nc2cnn(CC(=O)N(C)C)c2C)ncc1C(F)(F)F. The zero-order chi connectivity index (χ0) is 18.8. The molecule has 11 heteroatoms. The molecule has 0 aromatic carbocycles. The Hall–Kier alpha value is -2.85. The fourth-order valence-electron chi connectivity index (χ4n) is 1.96. The maximum atomic E-state index is 12.9. The lowest BCUT2D eigenvalue weighted by atomic mass is 10.3. The summed E-state index contributed by atoms with van der Waals surface area (Å²) in [5.74, 6) is -0.488. The van der Waals surface area contributed by atoms with E-state index in [-0.39, 0.29) is 24.2 Å². The van der Waals surface area contributed by atoms with E-state index in [9.17, 15) is 18.0 Å². The van der Waals surface area contributed by atoms with Crippen LogP contribution in [0.3, 0.4) is 0 Å². The first kappa shape index (κ1) is 18.5. The monoisotopic (exact) mass is 357 g/mol. The number of nitrogens with zero attached hydrogens (tertiary/aromatic N) is 5. The molecule has 0 aliphatic rings. The smallest absolute Gasteiger partial charge is 0.372 e. The Morgan fingerprint density at radius 1 is 1.32 bits per heavy atom. The van der Waals surface area contributed by atoms with E-state index in [1.54, 1.807) is 21.0 Å². The van der Waals surface area contributed by atoms with Crippen molar-refractivity contribution >= 4 is 23.4 Å². The molecule has 2 aromatic rings. The third kappa shape index (κ3) is 4.17. The predicted molar refractivity (Wildman–Crippen MR) is 85.5 cm³/mol. The first-order chi connectivity index (χ1) is 11.6. The number of likely N-dealkylation sites (N-methyl/N-ethyl adjacent to an activating group) is 1. The van der Waals surface area contributed by atoms with Gasteiger partial charge in [0.1, 0.15) is 17.9 Å². The van der Waals surface area contributed by atoms with Crippen molar-refractivity contribution in [3.05, 3.63) is 23.7 Å². The van der Waals surface area contributed by atoms with E-state index < -0.39 is 11.7 Å². The number of halogens is 3. The van der Waals surface area contributed by atoms with Gasteiger partial charge in [-0.15, -0.1) is 0 Å². The minimum atomic E-state index is -4.55. The zero-order valence-electron chi connectivity index (χ0n) is 14.1. The number of carbonyl (C=O) groups excluding carboxylic acids is 1. The molecule has 2 rings (SSSR count). The van der Waals surface area contributed by atoms with E-state index in [0.717, 1.165) is 0 Å². The van der Waals surface area contributed by atoms with Crippen molar-refractivity contribution in [3.8, 4) is 0 Å². The first-order valence-electron chi connectivity index (χ1n) is 7.25. The standard InChI is InChI=1S/C14H18F3N7O/c1-8-10(6-20-24(8)7-11(25)23(3)4)21-13-19-5-9(14(15,16)17)12(18-2)22-13/h5-6H,7H2,1-4H3,(H2,18,19,21,22). The van der Waals surface area contributed by atoms with Gasteiger partial charge in [-0.2, -0.15) is 23.3 Å². The Morgan fingerprint density at radius 3 is 2.56 bits per heavy atom. The third-order valence-electron chi connectivity index (χ3n) is 3.46. The van der Waals surface area contributed by atoms with E-state index in [1.165, 1.54) is 22.8 Å². The van der Waals surface area contributed by atoms with Gasteiger partial charge < -0.3 is 15.5 Å². The van der Waals surface area contributed by atoms with Crippen molar-refractivity contribution in [1.29, 1.82) is 0 Å². The number of hydrogen-bond donors (Lipinski definition) is 2. The maximum Gasteiger partial charge on any atom is 0.421 e. The summed E-state index contributed by atoms with van der Waals surface area (Å²) in [6, 6.07) is 0. The molecule has 0 bridgehead atoms. The van der Waals surface area contributed by atoms with Gasteiger partial charge in [0.25, 0.3) is 0 Å². The molecule has 0 unspecified atom stereocenters. The van der Waals surface area contributed by atoms with Crippen LogP contribution in [0.4, 0.5) is 30.6 Å². The lowest BCUT2D eigenvalue weighted by Gasteiger charge is -2.13. The molecule has 1 amide bonds. The number of amides is 1. The number of hydrogen-bond acceptors (Lipinski definition) is 6. The van der Waals surface area contributed by atoms with E-state index in [4.69, 9.17) is 0 Å². The Balaban J connectivity index is 2.23. The second kappa shape index (κ2) is 6.95. The average molecular weight is 357 g/mol. The number of nitrogens with one attached hydrogen (secondary N) is 2. The molecule has 2 aromatic heterocycles. The molecule has 2 heterocycles. The molecular formula is C14H18F3N7O. The Kier molecular flexibility index (Phi) is 5.14. The highest BCUT2D eigenvalue weighted by atomic mass is 19.4. The van der Waals surface area contributed by atoms with Gasteiger partial charge in [0.05, 0.1) is 17.6 Å². The Morgan fingerprint density at radius 2 is 2.00 bits per heavy atom. The van der Waals surface area contributed by atoms with Crippen molar-refractivity contribution in [2.24, 2.45) is 0 Å². The van der Waals surface area contributed by atoms with E-state index in [0.29, 0.717) is 17.6 Å². The van der Waals surface area contributed by atoms with Crippen LogP contribution in [-0.4, -0.2) is 51.7 Å². The van der Waals surface area contributed by atoms with E-state index >= 15 is 0 Å². The van der Waals surface area contributed by atoms with Crippen LogP contribution < -0.4 is 10.6 Å². The quantitative estimate of drug-likeness (QED) is 0.849. The van der Waals surface area contributed by atoms with Gasteiger partial charge in [0.2, 0.25) is 11.9 Å². The van der Waals surface area contributed by atoms with Crippen LogP contribution in [0, 0.1) is 6.92 Å². The van der Waals surface area contributed by atoms with Gasteiger partial charge in [-0.25, -0.2) is 4.98 Å². The predicted octanol–water partition coefficient (Wildman–Crippen LogP) is 1.87. The van der Waals surface area contributed by atoms with Gasteiger partial charge in [0.15, 0.2) is 0 Å². The molecule has 0 fully saturated rings. The molecule has 0 aliphatic heterocycles. The number of carbonyl (C=O) groups is 1. The molecule has 136 valence electrons. The van der Waals surface area contributed by atoms with Crippen LogP contribution in [0.2, 0.25) is 0 Å². The highest BCUT2D eigenvalue weighted by molar-refractivity contribution is 5.75. The Bertz CT molecular complexity index is 770. The Labute approximate surface area is 142 Å². The highest BCUT2D eigenvalue weighted by Gasteiger charge is 2.35. The number of rotatable bonds is 5. The molecule has 8 nitrogen and oxygen atoms in total. The van der Waals surface area contributed by atoms with Gasteiger partial charge in [-0.1, -0.05) is 0 Å². The van der Waals surface area contributed by atoms with Crippen molar-refractivity contribution in [2.75, 3.05) is 31.8 Å². The minimum absolute atomic E-state index is 0.0149. The molecule has 0 saturated heterocycles. The highest BCUT2D eigenvalue weighted by Crippen LogP contribution is 2.33. The van der Waals surface area contributed by atoms with Crippen LogP contribution in [0.5, 0.6) is 0 Å². The molecule has 0 radical (unpaired) electrons. The fourth-order valence-corrected chi connectivity index (χ4v) is 1.96. The molecule has 0 aliphatic carbocycles. The molecule has 0 atom stereocenters. The van der Waals surface area contributed by atoms with Crippen molar-refractivity contribution < 1.29 is 18.0 Å². The largest absolute Gasteiger partial charge is 0.421 e. The summed E-state index contributed by atoms with van der Waals surface area (Å²) < 4.78 is 40.1. The lowest BCUT2D eigenvalue weighted by Crippen LogP contribution is -2.27. The van der Waals surface area contributed by atoms with Gasteiger partial charge in [0, 0.05) is 27.3 Å². The topological polar surface area (TPSA) is 88.0 Å². The fraction of sp³-hybridized carbons (Fsp3) is 0.429. The van der Waals surface area contributed by atoms with Gasteiger partial charge >= 0.3 is 6.18 Å². The van der Waals surface area contributed by atoms with Crippen molar-refractivity contribution in [3.63, 3.8) is 0 Å². The summed E-state index contributed by atoms with van der Waals surface area (Å²) in [4.78, 5) is 20.7. The summed E-state index contributed by atoms with van der Waals surface area (Å²) in [5, 5.41) is 9.30. The van der Waals surface area contributed by atoms with Crippen molar-refractivity contribution in [2.45, 2.75) is 19.6 Å². The van der Waals surface area contributed by atoms with Gasteiger partial charge in [-0.05, 0) is 6.92 Å². The zero-order valence-corrected chi connectivity index (χ0v) is 14.1. The van der Waals surface area contributed by atoms with Crippen LogP contribution in [0.1, 0.15) is 11.3 Å². The average Bonchev–Trinajstić information content (AvgIpc) is 2.86.